The first-order valence-corrected chi connectivity index (χ1v) is 4.25. The summed E-state index contributed by atoms with van der Waals surface area (Å²) >= 11 is 0. The molecule has 0 N–H and O–H groups in total. The van der Waals surface area contributed by atoms with Crippen molar-refractivity contribution < 1.29 is 0 Å². The molecule has 0 aliphatic rings. The van der Waals surface area contributed by atoms with Crippen LogP contribution in [0.3, 0.4) is 0 Å². The summed E-state index contributed by atoms with van der Waals surface area (Å²) in [6.07, 6.45) is 3.87. The Balaban J connectivity index is 3.04. The van der Waals surface area contributed by atoms with Gasteiger partial charge in [-0.05, 0) is 27.2 Å². The molecule has 0 spiro atoms. The zero-order chi connectivity index (χ0) is 8.04. The number of hydrogen-bond acceptors (Lipinski definition) is 0. The van der Waals surface area contributed by atoms with Gasteiger partial charge in [0.15, 0.2) is 0 Å². The number of hydrogen-bond donors (Lipinski definition) is 0. The van der Waals surface area contributed by atoms with Gasteiger partial charge in [0.05, 0.1) is 0 Å². The van der Waals surface area contributed by atoms with Gasteiger partial charge in [-0.3, -0.25) is 0 Å². The molecular formula is C9H20N. The summed E-state index contributed by atoms with van der Waals surface area (Å²) in [6, 6.07) is 0. The average molecular weight is 142 g/mol. The van der Waals surface area contributed by atoms with Gasteiger partial charge in [0.1, 0.15) is 0 Å². The Morgan fingerprint density at radius 2 is 1.70 bits per heavy atom. The second-order valence-electron chi connectivity index (χ2n) is 3.76. The van der Waals surface area contributed by atoms with E-state index in [4.69, 9.17) is 0 Å². The predicted octanol–water partition coefficient (Wildman–Crippen LogP) is 2.58. The average Bonchev–Trinajstić information content (AvgIpc) is 1.78. The normalized spacial score (nSPS) is 12.0. The number of unbranched alkanes of at least 4 members (excludes halogenated alkanes) is 2. The fourth-order valence-corrected chi connectivity index (χ4v) is 0.776. The van der Waals surface area contributed by atoms with E-state index in [0.717, 1.165) is 6.54 Å². The van der Waals surface area contributed by atoms with Crippen molar-refractivity contribution >= 4 is 0 Å². The molecule has 0 aromatic rings. The number of rotatable bonds is 4. The molecule has 0 rings (SSSR count). The lowest BCUT2D eigenvalue weighted by molar-refractivity contribution is 0.408. The Morgan fingerprint density at radius 1 is 1.10 bits per heavy atom. The summed E-state index contributed by atoms with van der Waals surface area (Å²) in [6.45, 7) is 9.71. The summed E-state index contributed by atoms with van der Waals surface area (Å²) in [5.41, 5.74) is 0.174. The second kappa shape index (κ2) is 4.73. The van der Waals surface area contributed by atoms with Gasteiger partial charge in [-0.15, -0.1) is 0 Å². The van der Waals surface area contributed by atoms with E-state index in [2.05, 4.69) is 33.0 Å². The minimum Gasteiger partial charge on any atom is -0.236 e. The fraction of sp³-hybridized carbons (Fsp3) is 1.00. The van der Waals surface area contributed by atoms with Gasteiger partial charge in [-0.1, -0.05) is 19.8 Å². The lowest BCUT2D eigenvalue weighted by atomic mass is 10.1. The SMILES string of the molecule is CCCCC[N]C(C)(C)C. The summed E-state index contributed by atoms with van der Waals surface area (Å²) in [4.78, 5) is 0. The molecular weight excluding hydrogens is 122 g/mol. The molecule has 1 radical (unpaired) electrons. The van der Waals surface area contributed by atoms with Gasteiger partial charge in [0, 0.05) is 12.1 Å². The molecule has 0 amide bonds. The molecule has 0 saturated heterocycles. The molecule has 0 saturated carbocycles. The molecule has 0 heterocycles. The van der Waals surface area contributed by atoms with E-state index < -0.39 is 0 Å². The molecule has 1 heteroatoms. The van der Waals surface area contributed by atoms with Crippen molar-refractivity contribution in [1.29, 1.82) is 0 Å². The molecule has 0 aromatic heterocycles. The van der Waals surface area contributed by atoms with Crippen LogP contribution in [0.15, 0.2) is 0 Å². The van der Waals surface area contributed by atoms with Crippen molar-refractivity contribution in [1.82, 2.24) is 5.32 Å². The van der Waals surface area contributed by atoms with E-state index in [1.165, 1.54) is 19.3 Å². The molecule has 0 atom stereocenters. The maximum atomic E-state index is 4.49. The zero-order valence-corrected chi connectivity index (χ0v) is 7.78. The predicted molar refractivity (Wildman–Crippen MR) is 46.3 cm³/mol. The minimum atomic E-state index is 0.174. The maximum Gasteiger partial charge on any atom is 0.0272 e. The first-order valence-electron chi connectivity index (χ1n) is 4.25. The van der Waals surface area contributed by atoms with Gasteiger partial charge in [-0.25, -0.2) is 5.32 Å². The minimum absolute atomic E-state index is 0.174. The van der Waals surface area contributed by atoms with Gasteiger partial charge < -0.3 is 0 Å². The molecule has 1 nitrogen and oxygen atoms in total. The number of nitrogens with zero attached hydrogens (tertiary/aromatic N) is 1. The Bertz CT molecular complexity index is 71.3. The van der Waals surface area contributed by atoms with E-state index in [-0.39, 0.29) is 5.54 Å². The van der Waals surface area contributed by atoms with Crippen LogP contribution >= 0.6 is 0 Å². The largest absolute Gasteiger partial charge is 0.236 e. The highest BCUT2D eigenvalue weighted by Gasteiger charge is 2.08. The van der Waals surface area contributed by atoms with Crippen molar-refractivity contribution in [3.8, 4) is 0 Å². The van der Waals surface area contributed by atoms with Crippen LogP contribution in [0, 0.1) is 0 Å². The van der Waals surface area contributed by atoms with Crippen molar-refractivity contribution in [2.75, 3.05) is 6.54 Å². The second-order valence-corrected chi connectivity index (χ2v) is 3.76. The lowest BCUT2D eigenvalue weighted by Gasteiger charge is -2.17. The van der Waals surface area contributed by atoms with Gasteiger partial charge in [-0.2, -0.15) is 0 Å². The van der Waals surface area contributed by atoms with E-state index in [9.17, 15) is 0 Å². The van der Waals surface area contributed by atoms with Crippen LogP contribution in [0.5, 0.6) is 0 Å². The first kappa shape index (κ1) is 9.96. The van der Waals surface area contributed by atoms with Crippen LogP contribution in [-0.4, -0.2) is 12.1 Å². The van der Waals surface area contributed by atoms with E-state index >= 15 is 0 Å². The van der Waals surface area contributed by atoms with Crippen LogP contribution in [0.4, 0.5) is 0 Å². The lowest BCUT2D eigenvalue weighted by Crippen LogP contribution is -2.29. The highest BCUT2D eigenvalue weighted by Crippen LogP contribution is 2.02. The maximum absolute atomic E-state index is 4.49. The Morgan fingerprint density at radius 3 is 2.10 bits per heavy atom. The summed E-state index contributed by atoms with van der Waals surface area (Å²) in [5.74, 6) is 0. The molecule has 0 aromatic carbocycles. The van der Waals surface area contributed by atoms with Gasteiger partial charge >= 0.3 is 0 Å². The first-order chi connectivity index (χ1) is 4.56. The van der Waals surface area contributed by atoms with Crippen LogP contribution in [0.25, 0.3) is 0 Å². The third-order valence-electron chi connectivity index (χ3n) is 1.35. The fourth-order valence-electron chi connectivity index (χ4n) is 0.776. The van der Waals surface area contributed by atoms with Crippen molar-refractivity contribution in [2.24, 2.45) is 0 Å². The summed E-state index contributed by atoms with van der Waals surface area (Å²) < 4.78 is 0. The molecule has 0 fully saturated rings. The Kier molecular flexibility index (Phi) is 4.71. The topological polar surface area (TPSA) is 14.1 Å². The molecule has 61 valence electrons. The van der Waals surface area contributed by atoms with Gasteiger partial charge in [0.25, 0.3) is 0 Å². The highest BCUT2D eigenvalue weighted by molar-refractivity contribution is 4.68. The van der Waals surface area contributed by atoms with Crippen LogP contribution in [-0.2, 0) is 0 Å². The molecule has 0 unspecified atom stereocenters. The molecule has 0 aliphatic carbocycles. The third-order valence-corrected chi connectivity index (χ3v) is 1.35. The summed E-state index contributed by atoms with van der Waals surface area (Å²) in [7, 11) is 0. The van der Waals surface area contributed by atoms with E-state index in [0.29, 0.717) is 0 Å². The van der Waals surface area contributed by atoms with Crippen molar-refractivity contribution in [3.05, 3.63) is 0 Å². The van der Waals surface area contributed by atoms with Gasteiger partial charge in [0.2, 0.25) is 0 Å². The summed E-state index contributed by atoms with van der Waals surface area (Å²) in [5, 5.41) is 4.49. The highest BCUT2D eigenvalue weighted by atomic mass is 14.9. The van der Waals surface area contributed by atoms with Crippen LogP contribution in [0.1, 0.15) is 47.0 Å². The Labute approximate surface area is 65.2 Å². The van der Waals surface area contributed by atoms with E-state index in [1.807, 2.05) is 0 Å². The standard InChI is InChI=1S/C9H20N/c1-5-6-7-8-10-9(2,3)4/h5-8H2,1-4H3. The molecule has 0 bridgehead atoms. The smallest absolute Gasteiger partial charge is 0.0272 e. The van der Waals surface area contributed by atoms with Crippen molar-refractivity contribution in [3.63, 3.8) is 0 Å². The molecule has 10 heavy (non-hydrogen) atoms. The Hall–Kier alpha value is -0.0400. The monoisotopic (exact) mass is 142 g/mol. The molecule has 0 aliphatic heterocycles. The van der Waals surface area contributed by atoms with E-state index in [1.54, 1.807) is 0 Å². The van der Waals surface area contributed by atoms with Crippen molar-refractivity contribution in [2.45, 2.75) is 52.5 Å². The van der Waals surface area contributed by atoms with Crippen LogP contribution < -0.4 is 5.32 Å². The zero-order valence-electron chi connectivity index (χ0n) is 7.78. The third kappa shape index (κ3) is 7.96. The van der Waals surface area contributed by atoms with Crippen LogP contribution in [0.2, 0.25) is 0 Å². The quantitative estimate of drug-likeness (QED) is 0.536.